The highest BCUT2D eigenvalue weighted by atomic mass is 16.6. The van der Waals surface area contributed by atoms with Crippen molar-refractivity contribution < 1.29 is 19.1 Å². The first-order chi connectivity index (χ1) is 7.49. The van der Waals surface area contributed by atoms with E-state index in [4.69, 9.17) is 4.74 Å². The summed E-state index contributed by atoms with van der Waals surface area (Å²) in [5, 5.41) is 0. The zero-order valence-corrected chi connectivity index (χ0v) is 9.88. The Labute approximate surface area is 95.6 Å². The van der Waals surface area contributed by atoms with Gasteiger partial charge in [-0.05, 0) is 32.6 Å². The van der Waals surface area contributed by atoms with Crippen molar-refractivity contribution in [2.45, 2.75) is 44.6 Å². The lowest BCUT2D eigenvalue weighted by Gasteiger charge is -2.27. The molecule has 0 saturated heterocycles. The van der Waals surface area contributed by atoms with E-state index in [1.165, 1.54) is 7.11 Å². The maximum Gasteiger partial charge on any atom is 0.333 e. The van der Waals surface area contributed by atoms with Crippen LogP contribution in [-0.2, 0) is 19.1 Å². The highest BCUT2D eigenvalue weighted by Gasteiger charge is 2.40. The van der Waals surface area contributed by atoms with Gasteiger partial charge in [0.15, 0.2) is 0 Å². The molecular formula is C12H18O4. The summed E-state index contributed by atoms with van der Waals surface area (Å²) in [5.74, 6) is -0.762. The number of rotatable bonds is 4. The van der Waals surface area contributed by atoms with Crippen LogP contribution in [0.25, 0.3) is 0 Å². The molecule has 1 saturated carbocycles. The molecule has 0 aromatic rings. The number of carbonyl (C=O) groups is 2. The number of ether oxygens (including phenoxy) is 2. The summed E-state index contributed by atoms with van der Waals surface area (Å²) < 4.78 is 10.0. The minimum Gasteiger partial charge on any atom is -0.469 e. The first kappa shape index (κ1) is 12.7. The van der Waals surface area contributed by atoms with Crippen molar-refractivity contribution in [3.8, 4) is 0 Å². The van der Waals surface area contributed by atoms with Crippen LogP contribution in [0.5, 0.6) is 0 Å². The van der Waals surface area contributed by atoms with Crippen molar-refractivity contribution in [3.63, 3.8) is 0 Å². The molecule has 0 aromatic carbocycles. The molecule has 4 heteroatoms. The Balaban J connectivity index is 2.69. The maximum absolute atomic E-state index is 11.5. The van der Waals surface area contributed by atoms with Crippen molar-refractivity contribution in [2.75, 3.05) is 7.11 Å². The van der Waals surface area contributed by atoms with Gasteiger partial charge >= 0.3 is 11.9 Å². The van der Waals surface area contributed by atoms with Gasteiger partial charge in [-0.1, -0.05) is 6.58 Å². The van der Waals surface area contributed by atoms with Crippen LogP contribution in [0.4, 0.5) is 0 Å². The fourth-order valence-electron chi connectivity index (χ4n) is 1.95. The third kappa shape index (κ3) is 3.08. The molecule has 0 heterocycles. The van der Waals surface area contributed by atoms with Crippen LogP contribution < -0.4 is 0 Å². The Bertz CT molecular complexity index is 300. The van der Waals surface area contributed by atoms with Crippen molar-refractivity contribution in [1.29, 1.82) is 0 Å². The highest BCUT2D eigenvalue weighted by Crippen LogP contribution is 2.36. The molecule has 0 radical (unpaired) electrons. The molecule has 1 aliphatic rings. The van der Waals surface area contributed by atoms with Crippen molar-refractivity contribution in [2.24, 2.45) is 0 Å². The van der Waals surface area contributed by atoms with Gasteiger partial charge in [0, 0.05) is 5.57 Å². The molecule has 4 nitrogen and oxygen atoms in total. The summed E-state index contributed by atoms with van der Waals surface area (Å²) in [6.07, 6.45) is 3.53. The Morgan fingerprint density at radius 2 is 1.88 bits per heavy atom. The SMILES string of the molecule is C=C(C)C(=O)OC1(CC(=O)OC)CCCC1. The molecule has 0 unspecified atom stereocenters. The number of methoxy groups -OCH3 is 1. The van der Waals surface area contributed by atoms with Gasteiger partial charge in [-0.15, -0.1) is 0 Å². The summed E-state index contributed by atoms with van der Waals surface area (Å²) in [5.41, 5.74) is -0.306. The second-order valence-electron chi connectivity index (χ2n) is 4.31. The van der Waals surface area contributed by atoms with Gasteiger partial charge in [0.05, 0.1) is 13.5 Å². The molecule has 90 valence electrons. The van der Waals surface area contributed by atoms with E-state index in [-0.39, 0.29) is 12.4 Å². The van der Waals surface area contributed by atoms with E-state index in [2.05, 4.69) is 11.3 Å². The fraction of sp³-hybridized carbons (Fsp3) is 0.667. The third-order valence-corrected chi connectivity index (χ3v) is 2.87. The van der Waals surface area contributed by atoms with E-state index in [9.17, 15) is 9.59 Å². The molecule has 1 aliphatic carbocycles. The minimum atomic E-state index is -0.664. The number of hydrogen-bond donors (Lipinski definition) is 0. The zero-order chi connectivity index (χ0) is 12.2. The van der Waals surface area contributed by atoms with E-state index in [0.717, 1.165) is 25.7 Å². The third-order valence-electron chi connectivity index (χ3n) is 2.87. The van der Waals surface area contributed by atoms with Gasteiger partial charge in [0.2, 0.25) is 0 Å². The predicted molar refractivity (Wildman–Crippen MR) is 58.7 cm³/mol. The van der Waals surface area contributed by atoms with Gasteiger partial charge in [0.1, 0.15) is 5.60 Å². The Morgan fingerprint density at radius 1 is 1.31 bits per heavy atom. The van der Waals surface area contributed by atoms with Gasteiger partial charge in [0.25, 0.3) is 0 Å². The summed E-state index contributed by atoms with van der Waals surface area (Å²) in [4.78, 5) is 22.8. The topological polar surface area (TPSA) is 52.6 Å². The fourth-order valence-corrected chi connectivity index (χ4v) is 1.95. The molecule has 1 rings (SSSR count). The first-order valence-electron chi connectivity index (χ1n) is 5.45. The standard InChI is InChI=1S/C12H18O4/c1-9(2)11(14)16-12(6-4-5-7-12)8-10(13)15-3/h1,4-8H2,2-3H3. The molecule has 0 atom stereocenters. The normalized spacial score (nSPS) is 17.9. The summed E-state index contributed by atoms with van der Waals surface area (Å²) in [7, 11) is 1.34. The maximum atomic E-state index is 11.5. The van der Waals surface area contributed by atoms with E-state index in [1.807, 2.05) is 0 Å². The van der Waals surface area contributed by atoms with Crippen LogP contribution in [0.3, 0.4) is 0 Å². The van der Waals surface area contributed by atoms with Crippen LogP contribution in [-0.4, -0.2) is 24.6 Å². The summed E-state index contributed by atoms with van der Waals surface area (Å²) in [6, 6.07) is 0. The van der Waals surface area contributed by atoms with Crippen LogP contribution in [0.1, 0.15) is 39.0 Å². The molecule has 1 fully saturated rings. The van der Waals surface area contributed by atoms with E-state index < -0.39 is 11.6 Å². The molecule has 0 aromatic heterocycles. The summed E-state index contributed by atoms with van der Waals surface area (Å²) >= 11 is 0. The van der Waals surface area contributed by atoms with E-state index in [0.29, 0.717) is 5.57 Å². The van der Waals surface area contributed by atoms with E-state index in [1.54, 1.807) is 6.92 Å². The van der Waals surface area contributed by atoms with Crippen LogP contribution in [0, 0.1) is 0 Å². The minimum absolute atomic E-state index is 0.141. The molecular weight excluding hydrogens is 208 g/mol. The van der Waals surface area contributed by atoms with Gasteiger partial charge in [-0.25, -0.2) is 4.79 Å². The molecule has 0 N–H and O–H groups in total. The lowest BCUT2D eigenvalue weighted by Crippen LogP contribution is -2.35. The monoisotopic (exact) mass is 226 g/mol. The average Bonchev–Trinajstić information content (AvgIpc) is 2.66. The zero-order valence-electron chi connectivity index (χ0n) is 9.88. The molecule has 0 spiro atoms. The van der Waals surface area contributed by atoms with Crippen molar-refractivity contribution in [3.05, 3.63) is 12.2 Å². The Hall–Kier alpha value is -1.32. The second-order valence-corrected chi connectivity index (χ2v) is 4.31. The van der Waals surface area contributed by atoms with Crippen molar-refractivity contribution in [1.82, 2.24) is 0 Å². The van der Waals surface area contributed by atoms with Crippen LogP contribution in [0.2, 0.25) is 0 Å². The van der Waals surface area contributed by atoms with Crippen LogP contribution >= 0.6 is 0 Å². The Morgan fingerprint density at radius 3 is 2.31 bits per heavy atom. The number of esters is 2. The first-order valence-corrected chi connectivity index (χ1v) is 5.45. The summed E-state index contributed by atoms with van der Waals surface area (Å²) in [6.45, 7) is 5.14. The smallest absolute Gasteiger partial charge is 0.333 e. The predicted octanol–water partition coefficient (Wildman–Crippen LogP) is 1.98. The quantitative estimate of drug-likeness (QED) is 0.543. The number of hydrogen-bond acceptors (Lipinski definition) is 4. The molecule has 0 amide bonds. The molecule has 0 aliphatic heterocycles. The lowest BCUT2D eigenvalue weighted by molar-refractivity contribution is -0.161. The largest absolute Gasteiger partial charge is 0.469 e. The van der Waals surface area contributed by atoms with Crippen LogP contribution in [0.15, 0.2) is 12.2 Å². The lowest BCUT2D eigenvalue weighted by atomic mass is 9.97. The number of carbonyl (C=O) groups excluding carboxylic acids is 2. The molecule has 0 bridgehead atoms. The van der Waals surface area contributed by atoms with Gasteiger partial charge in [-0.3, -0.25) is 4.79 Å². The molecule has 16 heavy (non-hydrogen) atoms. The average molecular weight is 226 g/mol. The highest BCUT2D eigenvalue weighted by molar-refractivity contribution is 5.87. The van der Waals surface area contributed by atoms with E-state index >= 15 is 0 Å². The van der Waals surface area contributed by atoms with Gasteiger partial charge in [-0.2, -0.15) is 0 Å². The second kappa shape index (κ2) is 5.14. The van der Waals surface area contributed by atoms with Crippen molar-refractivity contribution >= 4 is 11.9 Å². The Kier molecular flexibility index (Phi) is 4.10. The van der Waals surface area contributed by atoms with Gasteiger partial charge < -0.3 is 9.47 Å².